The van der Waals surface area contributed by atoms with Gasteiger partial charge in [-0.1, -0.05) is 246 Å². The Balaban J connectivity index is 0.771. The number of benzene rings is 15. The molecular formula is C90H70. The van der Waals surface area contributed by atoms with E-state index in [1.807, 2.05) is 0 Å². The van der Waals surface area contributed by atoms with Crippen LogP contribution in [-0.2, 0) is 10.8 Å². The molecule has 0 atom stereocenters. The topological polar surface area (TPSA) is 0 Å². The molecule has 0 spiro atoms. The van der Waals surface area contributed by atoms with Crippen LogP contribution >= 0.6 is 0 Å². The quantitative estimate of drug-likeness (QED) is 0.146. The van der Waals surface area contributed by atoms with E-state index in [0.717, 1.165) is 0 Å². The molecule has 0 saturated carbocycles. The zero-order valence-electron chi connectivity index (χ0n) is 53.1. The highest BCUT2D eigenvalue weighted by molar-refractivity contribution is 6.30. The lowest BCUT2D eigenvalue weighted by Gasteiger charge is -2.25. The van der Waals surface area contributed by atoms with Crippen molar-refractivity contribution in [2.75, 3.05) is 0 Å². The number of hydrogen-bond donors (Lipinski definition) is 0. The molecule has 0 unspecified atom stereocenters. The third kappa shape index (κ3) is 7.80. The van der Waals surface area contributed by atoms with Crippen molar-refractivity contribution in [1.29, 1.82) is 0 Å². The molecule has 0 saturated heterocycles. The SMILES string of the molecule is Cc1cc2c(-c3ccccc3)c3ccccc3c(-c3ccc4c(c3)C(C)(C)c3cc(-c5ccc6c(c5)C(C)(C)c5cc(-c7c8ccccc8c(-c8c9ccccc9c(-c9ccccc9)c9cc(C)c(C)cc89)c8cc(C)c(C)cc78)ccc5-6)ccc3-4)c2cc1C. The first kappa shape index (κ1) is 54.0. The fourth-order valence-electron chi connectivity index (χ4n) is 16.5. The summed E-state index contributed by atoms with van der Waals surface area (Å²) in [7, 11) is 0. The summed E-state index contributed by atoms with van der Waals surface area (Å²) in [5, 5.41) is 15.5. The van der Waals surface area contributed by atoms with Crippen LogP contribution in [-0.4, -0.2) is 0 Å². The van der Waals surface area contributed by atoms with Crippen LogP contribution in [0.5, 0.6) is 0 Å². The summed E-state index contributed by atoms with van der Waals surface area (Å²) in [5.41, 5.74) is 33.5. The van der Waals surface area contributed by atoms with Crippen molar-refractivity contribution < 1.29 is 0 Å². The molecule has 2 aliphatic rings. The van der Waals surface area contributed by atoms with Crippen molar-refractivity contribution in [3.63, 3.8) is 0 Å². The molecule has 0 radical (unpaired) electrons. The Bertz CT molecular complexity index is 5630. The Kier molecular flexibility index (Phi) is 11.8. The number of fused-ring (bicyclic) bond motifs is 12. The van der Waals surface area contributed by atoms with Gasteiger partial charge in [0.05, 0.1) is 0 Å². The Labute approximate surface area is 528 Å². The molecule has 0 aromatic heterocycles. The summed E-state index contributed by atoms with van der Waals surface area (Å²) in [6.45, 7) is 23.4. The van der Waals surface area contributed by atoms with Crippen LogP contribution in [0.15, 0.2) is 243 Å². The fourth-order valence-corrected chi connectivity index (χ4v) is 16.5. The van der Waals surface area contributed by atoms with E-state index < -0.39 is 0 Å². The predicted octanol–water partition coefficient (Wildman–Crippen LogP) is 25.1. The Hall–Kier alpha value is -10.1. The minimum Gasteiger partial charge on any atom is -0.0622 e. The minimum atomic E-state index is -0.253. The van der Waals surface area contributed by atoms with Crippen LogP contribution in [0.4, 0.5) is 0 Å². The average Bonchev–Trinajstić information content (AvgIpc) is 0.842. The Morgan fingerprint density at radius 1 is 0.178 bits per heavy atom. The second-order valence-corrected chi connectivity index (χ2v) is 27.4. The lowest BCUT2D eigenvalue weighted by atomic mass is 9.78. The standard InChI is InChI=1S/C90H70/c1-51-41-73-74(42-52(51)2)85(68-28-18-17-27-67(68)83(73)57-23-13-11-14-24-57)61-35-39-65-63-37-33-59(47-79(63)89(7,8)81(65)49-61)60-34-38-64-66-40-36-62(50-82(66)90(9,10)80(64)48-60)86-70-30-20-22-32-72(70)88(78-46-56(6)54(4)44-76(78)86)87-71-31-21-19-29-69(71)84(58-25-15-12-16-26-58)75-43-53(3)55(5)45-77(75)87/h11-50H,1-10H3. The molecular weight excluding hydrogens is 1080 g/mol. The molecule has 0 heteroatoms. The fraction of sp³-hybridized carbons (Fsp3) is 0.133. The molecule has 15 aromatic rings. The number of hydrogen-bond acceptors (Lipinski definition) is 0. The van der Waals surface area contributed by atoms with Gasteiger partial charge in [0.1, 0.15) is 0 Å². The van der Waals surface area contributed by atoms with Crippen LogP contribution < -0.4 is 0 Å². The van der Waals surface area contributed by atoms with Gasteiger partial charge in [0.2, 0.25) is 0 Å². The highest BCUT2D eigenvalue weighted by Crippen LogP contribution is 2.57. The molecule has 0 heterocycles. The summed E-state index contributed by atoms with van der Waals surface area (Å²) >= 11 is 0. The molecule has 0 aliphatic heterocycles. The van der Waals surface area contributed by atoms with Crippen LogP contribution in [0, 0.1) is 41.5 Å². The van der Waals surface area contributed by atoms with Crippen LogP contribution in [0.25, 0.3) is 154 Å². The van der Waals surface area contributed by atoms with Crippen molar-refractivity contribution in [2.45, 2.75) is 80.1 Å². The van der Waals surface area contributed by atoms with Gasteiger partial charge in [-0.05, 0) is 275 Å². The number of rotatable bonds is 6. The molecule has 0 nitrogen and oxygen atoms in total. The molecule has 17 rings (SSSR count). The monoisotopic (exact) mass is 1150 g/mol. The molecule has 0 N–H and O–H groups in total. The van der Waals surface area contributed by atoms with Gasteiger partial charge in [-0.3, -0.25) is 0 Å². The highest BCUT2D eigenvalue weighted by Gasteiger charge is 2.39. The molecule has 90 heavy (non-hydrogen) atoms. The largest absolute Gasteiger partial charge is 0.0622 e. The van der Waals surface area contributed by atoms with Crippen molar-refractivity contribution >= 4 is 64.6 Å². The molecule has 0 fully saturated rings. The van der Waals surface area contributed by atoms with Crippen LogP contribution in [0.3, 0.4) is 0 Å². The van der Waals surface area contributed by atoms with E-state index in [9.17, 15) is 0 Å². The van der Waals surface area contributed by atoms with Crippen LogP contribution in [0.2, 0.25) is 0 Å². The molecule has 430 valence electrons. The van der Waals surface area contributed by atoms with Crippen molar-refractivity contribution in [3.8, 4) is 89.0 Å². The van der Waals surface area contributed by atoms with E-state index in [4.69, 9.17) is 0 Å². The lowest BCUT2D eigenvalue weighted by molar-refractivity contribution is 0.660. The highest BCUT2D eigenvalue weighted by atomic mass is 14.4. The molecule has 2 aliphatic carbocycles. The van der Waals surface area contributed by atoms with Gasteiger partial charge in [-0.15, -0.1) is 0 Å². The second-order valence-electron chi connectivity index (χ2n) is 27.4. The third-order valence-electron chi connectivity index (χ3n) is 21.6. The van der Waals surface area contributed by atoms with Crippen molar-refractivity contribution in [2.24, 2.45) is 0 Å². The lowest BCUT2D eigenvalue weighted by Crippen LogP contribution is -2.15. The van der Waals surface area contributed by atoms with Crippen LogP contribution in [0.1, 0.15) is 83.3 Å². The first-order chi connectivity index (χ1) is 43.6. The van der Waals surface area contributed by atoms with E-state index in [1.54, 1.807) is 0 Å². The van der Waals surface area contributed by atoms with Gasteiger partial charge in [0.25, 0.3) is 0 Å². The van der Waals surface area contributed by atoms with E-state index >= 15 is 0 Å². The first-order valence-corrected chi connectivity index (χ1v) is 32.2. The Morgan fingerprint density at radius 2 is 0.389 bits per heavy atom. The zero-order valence-corrected chi connectivity index (χ0v) is 53.1. The summed E-state index contributed by atoms with van der Waals surface area (Å²) < 4.78 is 0. The third-order valence-corrected chi connectivity index (χ3v) is 21.6. The summed E-state index contributed by atoms with van der Waals surface area (Å²) in [4.78, 5) is 0. The zero-order chi connectivity index (χ0) is 61.2. The van der Waals surface area contributed by atoms with Gasteiger partial charge in [0.15, 0.2) is 0 Å². The van der Waals surface area contributed by atoms with Gasteiger partial charge >= 0.3 is 0 Å². The maximum atomic E-state index is 2.55. The summed E-state index contributed by atoms with van der Waals surface area (Å²) in [5.74, 6) is 0. The summed E-state index contributed by atoms with van der Waals surface area (Å²) in [6.07, 6.45) is 0. The predicted molar refractivity (Wildman–Crippen MR) is 388 cm³/mol. The van der Waals surface area contributed by atoms with E-state index in [2.05, 4.69) is 312 Å². The normalized spacial score (nSPS) is 13.6. The maximum absolute atomic E-state index is 2.55. The van der Waals surface area contributed by atoms with Gasteiger partial charge in [0, 0.05) is 10.8 Å². The summed E-state index contributed by atoms with van der Waals surface area (Å²) in [6, 6.07) is 93.5. The van der Waals surface area contributed by atoms with E-state index in [-0.39, 0.29) is 10.8 Å². The molecule has 0 bridgehead atoms. The average molecular weight is 1150 g/mol. The van der Waals surface area contributed by atoms with Gasteiger partial charge in [-0.25, -0.2) is 0 Å². The van der Waals surface area contributed by atoms with Gasteiger partial charge in [-0.2, -0.15) is 0 Å². The minimum absolute atomic E-state index is 0.224. The Morgan fingerprint density at radius 3 is 0.667 bits per heavy atom. The first-order valence-electron chi connectivity index (χ1n) is 32.2. The maximum Gasteiger partial charge on any atom is 0.0159 e. The second kappa shape index (κ2) is 19.7. The van der Waals surface area contributed by atoms with Crippen molar-refractivity contribution in [3.05, 3.63) is 298 Å². The molecule has 0 amide bonds. The van der Waals surface area contributed by atoms with E-state index in [1.165, 1.54) is 209 Å². The smallest absolute Gasteiger partial charge is 0.0159 e. The number of aryl methyl sites for hydroxylation is 6. The molecule has 15 aromatic carbocycles. The van der Waals surface area contributed by atoms with E-state index in [0.29, 0.717) is 0 Å². The van der Waals surface area contributed by atoms with Gasteiger partial charge < -0.3 is 0 Å². The van der Waals surface area contributed by atoms with Crippen molar-refractivity contribution in [1.82, 2.24) is 0 Å².